The van der Waals surface area contributed by atoms with Gasteiger partial charge in [0.1, 0.15) is 17.4 Å². The highest BCUT2D eigenvalue weighted by molar-refractivity contribution is 6.33. The molecule has 2 aromatic carbocycles. The molecule has 1 fully saturated rings. The summed E-state index contributed by atoms with van der Waals surface area (Å²) in [6.45, 7) is 4.55. The molecule has 5 rings (SSSR count). The van der Waals surface area contributed by atoms with Gasteiger partial charge in [0, 0.05) is 32.6 Å². The van der Waals surface area contributed by atoms with E-state index in [-0.39, 0.29) is 5.91 Å². The van der Waals surface area contributed by atoms with Crippen LogP contribution in [0.3, 0.4) is 0 Å². The lowest BCUT2D eigenvalue weighted by Gasteiger charge is -2.35. The first kappa shape index (κ1) is 22.2. The first-order valence-corrected chi connectivity index (χ1v) is 11.6. The molecule has 2 aromatic heterocycles. The average molecular weight is 477 g/mol. The van der Waals surface area contributed by atoms with Gasteiger partial charge in [0.05, 0.1) is 35.0 Å². The lowest BCUT2D eigenvalue weighted by Crippen LogP contribution is -2.49. The van der Waals surface area contributed by atoms with Gasteiger partial charge in [0.15, 0.2) is 5.65 Å². The molecule has 0 unspecified atom stereocenters. The predicted octanol–water partition coefficient (Wildman–Crippen LogP) is 4.00. The molecule has 174 valence electrons. The van der Waals surface area contributed by atoms with Gasteiger partial charge in [-0.15, -0.1) is 0 Å². The molecule has 3 heterocycles. The summed E-state index contributed by atoms with van der Waals surface area (Å²) in [6, 6.07) is 14.9. The summed E-state index contributed by atoms with van der Waals surface area (Å²) in [4.78, 5) is 26.6. The largest absolute Gasteiger partial charge is 0.497 e. The summed E-state index contributed by atoms with van der Waals surface area (Å²) in [5.74, 6) is 2.35. The molecule has 1 amide bonds. The van der Waals surface area contributed by atoms with E-state index in [2.05, 4.69) is 10.00 Å². The van der Waals surface area contributed by atoms with E-state index >= 15 is 0 Å². The van der Waals surface area contributed by atoms with Gasteiger partial charge in [-0.05, 0) is 36.4 Å². The number of piperazine rings is 1. The second-order valence-electron chi connectivity index (χ2n) is 8.07. The minimum atomic E-state index is -0.0420. The highest BCUT2D eigenvalue weighted by Crippen LogP contribution is 2.28. The van der Waals surface area contributed by atoms with Crippen molar-refractivity contribution in [3.05, 3.63) is 71.1 Å². The summed E-state index contributed by atoms with van der Waals surface area (Å²) < 4.78 is 7.10. The Morgan fingerprint density at radius 1 is 1.03 bits per heavy atom. The van der Waals surface area contributed by atoms with Gasteiger partial charge in [-0.1, -0.05) is 30.7 Å². The fourth-order valence-electron chi connectivity index (χ4n) is 4.17. The van der Waals surface area contributed by atoms with E-state index in [1.807, 2.05) is 59.1 Å². The van der Waals surface area contributed by atoms with E-state index in [0.717, 1.165) is 34.1 Å². The van der Waals surface area contributed by atoms with Crippen molar-refractivity contribution >= 4 is 34.4 Å². The molecule has 0 aliphatic carbocycles. The maximum atomic E-state index is 13.0. The minimum Gasteiger partial charge on any atom is -0.497 e. The number of halogens is 1. The molecule has 9 heteroatoms. The van der Waals surface area contributed by atoms with Gasteiger partial charge in [0.2, 0.25) is 0 Å². The lowest BCUT2D eigenvalue weighted by atomic mass is 10.1. The van der Waals surface area contributed by atoms with Crippen LogP contribution < -0.4 is 9.64 Å². The SMILES string of the molecule is CCc1nc(N2CCN(C(=O)c3ccccc3Cl)CC2)c2cnn(-c3ccc(OC)cc3)c2n1. The molecule has 0 atom stereocenters. The van der Waals surface area contributed by atoms with Crippen LogP contribution in [0.2, 0.25) is 5.02 Å². The van der Waals surface area contributed by atoms with Crippen LogP contribution in [0.5, 0.6) is 5.75 Å². The number of anilines is 1. The summed E-state index contributed by atoms with van der Waals surface area (Å²) in [5, 5.41) is 5.98. The van der Waals surface area contributed by atoms with Crippen LogP contribution in [-0.2, 0) is 6.42 Å². The van der Waals surface area contributed by atoms with Crippen molar-refractivity contribution in [1.29, 1.82) is 0 Å². The number of hydrogen-bond acceptors (Lipinski definition) is 6. The molecule has 0 spiro atoms. The zero-order chi connectivity index (χ0) is 23.7. The standard InChI is InChI=1S/C25H25ClN6O2/c1-3-22-28-23(20-16-27-32(24(20)29-22)17-8-10-18(34-2)11-9-17)30-12-14-31(15-13-30)25(33)19-6-4-5-7-21(19)26/h4-11,16H,3,12-15H2,1-2H3. The average Bonchev–Trinajstić information content (AvgIpc) is 3.32. The Morgan fingerprint density at radius 2 is 1.76 bits per heavy atom. The molecule has 0 saturated carbocycles. The van der Waals surface area contributed by atoms with Gasteiger partial charge in [-0.3, -0.25) is 4.79 Å². The molecule has 34 heavy (non-hydrogen) atoms. The van der Waals surface area contributed by atoms with Crippen LogP contribution in [-0.4, -0.2) is 63.8 Å². The molecule has 0 N–H and O–H groups in total. The molecular formula is C25H25ClN6O2. The van der Waals surface area contributed by atoms with Crippen molar-refractivity contribution in [3.8, 4) is 11.4 Å². The predicted molar refractivity (Wildman–Crippen MR) is 132 cm³/mol. The van der Waals surface area contributed by atoms with Crippen molar-refractivity contribution in [1.82, 2.24) is 24.6 Å². The number of nitrogens with zero attached hydrogens (tertiary/aromatic N) is 6. The van der Waals surface area contributed by atoms with Crippen molar-refractivity contribution in [3.63, 3.8) is 0 Å². The first-order chi connectivity index (χ1) is 16.6. The quantitative estimate of drug-likeness (QED) is 0.433. The second kappa shape index (κ2) is 9.30. The molecule has 4 aromatic rings. The minimum absolute atomic E-state index is 0.0420. The van der Waals surface area contributed by atoms with Gasteiger partial charge < -0.3 is 14.5 Å². The van der Waals surface area contributed by atoms with Gasteiger partial charge in [-0.2, -0.15) is 5.10 Å². The van der Waals surface area contributed by atoms with Crippen LogP contribution in [0.15, 0.2) is 54.7 Å². The van der Waals surface area contributed by atoms with Gasteiger partial charge in [0.25, 0.3) is 5.91 Å². The second-order valence-corrected chi connectivity index (χ2v) is 8.47. The Bertz CT molecular complexity index is 1330. The molecule has 8 nitrogen and oxygen atoms in total. The first-order valence-electron chi connectivity index (χ1n) is 11.3. The Hall–Kier alpha value is -3.65. The Labute approximate surface area is 202 Å². The topological polar surface area (TPSA) is 76.4 Å². The number of fused-ring (bicyclic) bond motifs is 1. The third-order valence-corrected chi connectivity index (χ3v) is 6.39. The third kappa shape index (κ3) is 4.05. The molecule has 1 saturated heterocycles. The van der Waals surface area contributed by atoms with Gasteiger partial charge >= 0.3 is 0 Å². The third-order valence-electron chi connectivity index (χ3n) is 6.06. The monoisotopic (exact) mass is 476 g/mol. The smallest absolute Gasteiger partial charge is 0.255 e. The number of amides is 1. The van der Waals surface area contributed by atoms with Crippen molar-refractivity contribution in [2.24, 2.45) is 0 Å². The van der Waals surface area contributed by atoms with Crippen molar-refractivity contribution in [2.75, 3.05) is 38.2 Å². The molecular weight excluding hydrogens is 452 g/mol. The fraction of sp³-hybridized carbons (Fsp3) is 0.280. The highest BCUT2D eigenvalue weighted by Gasteiger charge is 2.26. The van der Waals surface area contributed by atoms with E-state index in [0.29, 0.717) is 43.2 Å². The molecule has 1 aliphatic heterocycles. The lowest BCUT2D eigenvalue weighted by molar-refractivity contribution is 0.0747. The summed E-state index contributed by atoms with van der Waals surface area (Å²) in [5.41, 5.74) is 2.20. The van der Waals surface area contributed by atoms with Crippen LogP contribution in [0, 0.1) is 0 Å². The molecule has 0 radical (unpaired) electrons. The number of benzene rings is 2. The van der Waals surface area contributed by atoms with E-state index in [4.69, 9.17) is 26.3 Å². The van der Waals surface area contributed by atoms with Crippen LogP contribution in [0.1, 0.15) is 23.1 Å². The van der Waals surface area contributed by atoms with Crippen LogP contribution >= 0.6 is 11.6 Å². The van der Waals surface area contributed by atoms with E-state index in [9.17, 15) is 4.79 Å². The van der Waals surface area contributed by atoms with Crippen molar-refractivity contribution in [2.45, 2.75) is 13.3 Å². The van der Waals surface area contributed by atoms with Crippen LogP contribution in [0.4, 0.5) is 5.82 Å². The van der Waals surface area contributed by atoms with Crippen LogP contribution in [0.25, 0.3) is 16.7 Å². The van der Waals surface area contributed by atoms with Gasteiger partial charge in [-0.25, -0.2) is 14.6 Å². The van der Waals surface area contributed by atoms with E-state index < -0.39 is 0 Å². The van der Waals surface area contributed by atoms with Crippen molar-refractivity contribution < 1.29 is 9.53 Å². The molecule has 0 bridgehead atoms. The van der Waals surface area contributed by atoms with E-state index in [1.54, 1.807) is 19.2 Å². The number of aryl methyl sites for hydroxylation is 1. The van der Waals surface area contributed by atoms with E-state index in [1.165, 1.54) is 0 Å². The Morgan fingerprint density at radius 3 is 2.44 bits per heavy atom. The number of hydrogen-bond donors (Lipinski definition) is 0. The summed E-state index contributed by atoms with van der Waals surface area (Å²) in [7, 11) is 1.65. The zero-order valence-corrected chi connectivity index (χ0v) is 19.9. The maximum absolute atomic E-state index is 13.0. The number of aromatic nitrogens is 4. The normalized spacial score (nSPS) is 14.0. The molecule has 1 aliphatic rings. The summed E-state index contributed by atoms with van der Waals surface area (Å²) >= 11 is 6.24. The Kier molecular flexibility index (Phi) is 6.06. The number of ether oxygens (including phenoxy) is 1. The maximum Gasteiger partial charge on any atom is 0.255 e. The fourth-order valence-corrected chi connectivity index (χ4v) is 4.39. The number of carbonyl (C=O) groups excluding carboxylic acids is 1. The number of carbonyl (C=O) groups is 1. The zero-order valence-electron chi connectivity index (χ0n) is 19.1. The highest BCUT2D eigenvalue weighted by atomic mass is 35.5. The Balaban J connectivity index is 1.42. The number of methoxy groups -OCH3 is 1. The number of rotatable bonds is 5. The summed E-state index contributed by atoms with van der Waals surface area (Å²) in [6.07, 6.45) is 2.53.